The molecular formula is C25H31N3O5. The Morgan fingerprint density at radius 2 is 1.85 bits per heavy atom. The zero-order valence-corrected chi connectivity index (χ0v) is 19.8. The minimum Gasteiger partial charge on any atom is -0.485 e. The monoisotopic (exact) mass is 453 g/mol. The van der Waals surface area contributed by atoms with Crippen LogP contribution in [-0.4, -0.2) is 68.9 Å². The van der Waals surface area contributed by atoms with Crippen molar-refractivity contribution in [1.82, 2.24) is 10.2 Å². The fourth-order valence-corrected chi connectivity index (χ4v) is 3.69. The second-order valence-corrected chi connectivity index (χ2v) is 8.54. The van der Waals surface area contributed by atoms with Crippen LogP contribution < -0.4 is 19.7 Å². The van der Waals surface area contributed by atoms with E-state index in [9.17, 15) is 14.4 Å². The number of likely N-dealkylation sites (N-methyl/N-ethyl adjacent to an activating group) is 1. The lowest BCUT2D eigenvalue weighted by atomic mass is 10.1. The molecule has 0 aromatic heterocycles. The lowest BCUT2D eigenvalue weighted by Gasteiger charge is -2.33. The first-order chi connectivity index (χ1) is 15.7. The van der Waals surface area contributed by atoms with Crippen molar-refractivity contribution >= 4 is 23.3 Å². The summed E-state index contributed by atoms with van der Waals surface area (Å²) in [6, 6.07) is 9.90. The Labute approximate surface area is 194 Å². The van der Waals surface area contributed by atoms with Crippen LogP contribution >= 0.6 is 0 Å². The average Bonchev–Trinajstić information content (AvgIpc) is 2.75. The molecule has 1 heterocycles. The smallest absolute Gasteiger partial charge is 0.265 e. The number of carbonyl (C=O) groups excluding carboxylic acids is 3. The summed E-state index contributed by atoms with van der Waals surface area (Å²) in [6.07, 6.45) is 0. The highest BCUT2D eigenvalue weighted by Crippen LogP contribution is 2.34. The van der Waals surface area contributed by atoms with Gasteiger partial charge in [-0.2, -0.15) is 0 Å². The molecule has 0 fully saturated rings. The maximum absolute atomic E-state index is 12.8. The minimum atomic E-state index is -0.751. The van der Waals surface area contributed by atoms with E-state index in [1.165, 1.54) is 4.90 Å². The Kier molecular flexibility index (Phi) is 7.71. The van der Waals surface area contributed by atoms with E-state index in [0.29, 0.717) is 35.8 Å². The van der Waals surface area contributed by atoms with Gasteiger partial charge in [0, 0.05) is 18.7 Å². The standard InChI is InChI=1S/C25H31N3O5/c1-16-10-17(2)12-20(11-16)32-14-22(29)19-6-7-23-21(13-19)28(24(30)15-33-23)18(3)25(31)26-8-9-27(4)5/h6-7,10-13,18H,8-9,14-15H2,1-5H3,(H,26,31). The number of fused-ring (bicyclic) bond motifs is 1. The Morgan fingerprint density at radius 1 is 1.15 bits per heavy atom. The molecule has 1 aliphatic rings. The van der Waals surface area contributed by atoms with Crippen molar-refractivity contribution < 1.29 is 23.9 Å². The van der Waals surface area contributed by atoms with Crippen LogP contribution in [-0.2, 0) is 9.59 Å². The quantitative estimate of drug-likeness (QED) is 0.587. The van der Waals surface area contributed by atoms with Gasteiger partial charge in [-0.05, 0) is 76.3 Å². The van der Waals surface area contributed by atoms with Crippen LogP contribution in [0.4, 0.5) is 5.69 Å². The highest BCUT2D eigenvalue weighted by Gasteiger charge is 2.33. The molecule has 176 valence electrons. The second kappa shape index (κ2) is 10.5. The van der Waals surface area contributed by atoms with Crippen molar-refractivity contribution in [2.24, 2.45) is 0 Å². The van der Waals surface area contributed by atoms with Gasteiger partial charge in [-0.1, -0.05) is 6.07 Å². The number of ketones is 1. The predicted octanol–water partition coefficient (Wildman–Crippen LogP) is 2.36. The second-order valence-electron chi connectivity index (χ2n) is 8.54. The van der Waals surface area contributed by atoms with Crippen molar-refractivity contribution in [2.45, 2.75) is 26.8 Å². The number of ether oxygens (including phenoxy) is 2. The van der Waals surface area contributed by atoms with Crippen molar-refractivity contribution in [3.05, 3.63) is 53.1 Å². The number of rotatable bonds is 9. The zero-order valence-electron chi connectivity index (χ0n) is 19.8. The summed E-state index contributed by atoms with van der Waals surface area (Å²) in [7, 11) is 3.83. The highest BCUT2D eigenvalue weighted by molar-refractivity contribution is 6.05. The van der Waals surface area contributed by atoms with Gasteiger partial charge in [0.1, 0.15) is 17.5 Å². The molecule has 1 unspecified atom stereocenters. The minimum absolute atomic E-state index is 0.142. The van der Waals surface area contributed by atoms with E-state index >= 15 is 0 Å². The summed E-state index contributed by atoms with van der Waals surface area (Å²) >= 11 is 0. The van der Waals surface area contributed by atoms with Gasteiger partial charge in [0.25, 0.3) is 5.91 Å². The number of amides is 2. The molecule has 0 spiro atoms. The van der Waals surface area contributed by atoms with E-state index in [-0.39, 0.29) is 30.8 Å². The van der Waals surface area contributed by atoms with Crippen LogP contribution in [0.1, 0.15) is 28.4 Å². The fourth-order valence-electron chi connectivity index (χ4n) is 3.69. The van der Waals surface area contributed by atoms with Crippen molar-refractivity contribution in [2.75, 3.05) is 45.3 Å². The summed E-state index contributed by atoms with van der Waals surface area (Å²) < 4.78 is 11.2. The molecule has 0 saturated carbocycles. The number of Topliss-reactive ketones (excluding diaryl/α,β-unsaturated/α-hetero) is 1. The molecule has 8 heteroatoms. The maximum atomic E-state index is 12.8. The van der Waals surface area contributed by atoms with Crippen molar-refractivity contribution in [1.29, 1.82) is 0 Å². The van der Waals surface area contributed by atoms with Crippen LogP contribution in [0.2, 0.25) is 0 Å². The number of nitrogens with one attached hydrogen (secondary N) is 1. The molecule has 33 heavy (non-hydrogen) atoms. The van der Waals surface area contributed by atoms with Gasteiger partial charge in [0.2, 0.25) is 5.91 Å². The largest absolute Gasteiger partial charge is 0.485 e. The van der Waals surface area contributed by atoms with Gasteiger partial charge < -0.3 is 19.7 Å². The third-order valence-electron chi connectivity index (χ3n) is 5.35. The SMILES string of the molecule is Cc1cc(C)cc(OCC(=O)c2ccc3c(c2)N(C(C)C(=O)NCCN(C)C)C(=O)CO3)c1. The predicted molar refractivity (Wildman–Crippen MR) is 126 cm³/mol. The van der Waals surface area contributed by atoms with E-state index in [1.54, 1.807) is 25.1 Å². The van der Waals surface area contributed by atoms with Crippen LogP contribution in [0, 0.1) is 13.8 Å². The van der Waals surface area contributed by atoms with Gasteiger partial charge in [0.05, 0.1) is 5.69 Å². The highest BCUT2D eigenvalue weighted by atomic mass is 16.5. The molecule has 2 amide bonds. The number of hydrogen-bond acceptors (Lipinski definition) is 6. The lowest BCUT2D eigenvalue weighted by molar-refractivity contribution is -0.127. The Morgan fingerprint density at radius 3 is 2.52 bits per heavy atom. The molecule has 8 nitrogen and oxygen atoms in total. The third kappa shape index (κ3) is 6.10. The molecule has 0 aliphatic carbocycles. The van der Waals surface area contributed by atoms with E-state index in [0.717, 1.165) is 11.1 Å². The molecule has 0 bridgehead atoms. The van der Waals surface area contributed by atoms with Gasteiger partial charge in [0.15, 0.2) is 19.0 Å². The summed E-state index contributed by atoms with van der Waals surface area (Å²) in [5.41, 5.74) is 2.88. The number of nitrogens with zero attached hydrogens (tertiary/aromatic N) is 2. The molecule has 3 rings (SSSR count). The average molecular weight is 454 g/mol. The first-order valence-corrected chi connectivity index (χ1v) is 10.9. The molecular weight excluding hydrogens is 422 g/mol. The molecule has 1 aliphatic heterocycles. The molecule has 0 saturated heterocycles. The third-order valence-corrected chi connectivity index (χ3v) is 5.35. The summed E-state index contributed by atoms with van der Waals surface area (Å²) in [5.74, 6) is 0.232. The van der Waals surface area contributed by atoms with E-state index in [1.807, 2.05) is 51.0 Å². The van der Waals surface area contributed by atoms with Crippen LogP contribution in [0.5, 0.6) is 11.5 Å². The number of carbonyl (C=O) groups is 3. The van der Waals surface area contributed by atoms with Gasteiger partial charge in [-0.3, -0.25) is 19.3 Å². The van der Waals surface area contributed by atoms with Crippen LogP contribution in [0.25, 0.3) is 0 Å². The Bertz CT molecular complexity index is 1030. The van der Waals surface area contributed by atoms with Crippen molar-refractivity contribution in [3.63, 3.8) is 0 Å². The Hall–Kier alpha value is -3.39. The number of anilines is 1. The molecule has 1 N–H and O–H groups in total. The maximum Gasteiger partial charge on any atom is 0.265 e. The lowest BCUT2D eigenvalue weighted by Crippen LogP contribution is -2.52. The normalized spacial score (nSPS) is 13.9. The first kappa shape index (κ1) is 24.3. The zero-order chi connectivity index (χ0) is 24.1. The van der Waals surface area contributed by atoms with Gasteiger partial charge in [-0.15, -0.1) is 0 Å². The van der Waals surface area contributed by atoms with Gasteiger partial charge in [-0.25, -0.2) is 0 Å². The van der Waals surface area contributed by atoms with Crippen LogP contribution in [0.3, 0.4) is 0 Å². The molecule has 2 aromatic rings. The Balaban J connectivity index is 1.75. The van der Waals surface area contributed by atoms with E-state index in [4.69, 9.17) is 9.47 Å². The topological polar surface area (TPSA) is 88.2 Å². The van der Waals surface area contributed by atoms with E-state index in [2.05, 4.69) is 5.32 Å². The van der Waals surface area contributed by atoms with E-state index < -0.39 is 6.04 Å². The fraction of sp³-hybridized carbons (Fsp3) is 0.400. The summed E-state index contributed by atoms with van der Waals surface area (Å²) in [6.45, 7) is 6.45. The number of aryl methyl sites for hydroxylation is 2. The summed E-state index contributed by atoms with van der Waals surface area (Å²) in [4.78, 5) is 41.5. The number of hydrogen-bond donors (Lipinski definition) is 1. The molecule has 0 radical (unpaired) electrons. The summed E-state index contributed by atoms with van der Waals surface area (Å²) in [5, 5.41) is 2.85. The first-order valence-electron chi connectivity index (χ1n) is 10.9. The molecule has 2 aromatic carbocycles. The van der Waals surface area contributed by atoms with Crippen molar-refractivity contribution in [3.8, 4) is 11.5 Å². The van der Waals surface area contributed by atoms with Gasteiger partial charge >= 0.3 is 0 Å². The molecule has 1 atom stereocenters. The number of benzene rings is 2. The van der Waals surface area contributed by atoms with Crippen LogP contribution in [0.15, 0.2) is 36.4 Å².